The normalized spacial score (nSPS) is 10.7. The van der Waals surface area contributed by atoms with Crippen molar-refractivity contribution < 1.29 is 27.4 Å². The first-order valence-electron chi connectivity index (χ1n) is 5.99. The van der Waals surface area contributed by atoms with E-state index in [1.807, 2.05) is 0 Å². The van der Waals surface area contributed by atoms with Crippen molar-refractivity contribution >= 4 is 23.3 Å². The van der Waals surface area contributed by atoms with Crippen LogP contribution in [0.4, 0.5) is 18.9 Å². The Morgan fingerprint density at radius 1 is 1.39 bits per heavy atom. The number of aromatic nitrogens is 2. The summed E-state index contributed by atoms with van der Waals surface area (Å²) in [5.41, 5.74) is 4.39. The highest BCUT2D eigenvalue weighted by Crippen LogP contribution is 2.32. The van der Waals surface area contributed by atoms with Crippen LogP contribution in [-0.2, 0) is 4.74 Å². The van der Waals surface area contributed by atoms with Crippen LogP contribution in [0.15, 0.2) is 18.3 Å². The lowest BCUT2D eigenvalue weighted by Crippen LogP contribution is -2.10. The van der Waals surface area contributed by atoms with Crippen LogP contribution in [0.1, 0.15) is 10.5 Å². The second-order valence-corrected chi connectivity index (χ2v) is 4.48. The molecule has 0 atom stereocenters. The van der Waals surface area contributed by atoms with Gasteiger partial charge in [-0.2, -0.15) is 8.78 Å². The predicted octanol–water partition coefficient (Wildman–Crippen LogP) is 2.91. The highest BCUT2D eigenvalue weighted by Gasteiger charge is 2.23. The molecule has 0 unspecified atom stereocenters. The van der Waals surface area contributed by atoms with Gasteiger partial charge in [-0.15, -0.1) is 0 Å². The minimum Gasteiger partial charge on any atom is -0.464 e. The van der Waals surface area contributed by atoms with Crippen molar-refractivity contribution in [1.29, 1.82) is 0 Å². The number of nitrogen functional groups attached to an aromatic ring is 1. The van der Waals surface area contributed by atoms with Crippen molar-refractivity contribution in [2.45, 2.75) is 6.61 Å². The molecule has 2 rings (SSSR count). The first-order chi connectivity index (χ1) is 10.8. The van der Waals surface area contributed by atoms with Crippen LogP contribution in [0, 0.1) is 5.82 Å². The van der Waals surface area contributed by atoms with E-state index < -0.39 is 24.1 Å². The minimum absolute atomic E-state index is 0.0811. The molecule has 0 saturated carbocycles. The van der Waals surface area contributed by atoms with Crippen LogP contribution in [0.25, 0.3) is 11.3 Å². The number of ether oxygens (including phenoxy) is 2. The number of methoxy groups -OCH3 is 1. The Hall–Kier alpha value is -2.55. The molecule has 0 radical (unpaired) electrons. The van der Waals surface area contributed by atoms with Crippen molar-refractivity contribution in [1.82, 2.24) is 9.97 Å². The molecule has 0 fully saturated rings. The molecule has 0 aliphatic rings. The number of rotatable bonds is 4. The number of halogens is 4. The third kappa shape index (κ3) is 3.45. The van der Waals surface area contributed by atoms with Crippen LogP contribution >= 0.6 is 11.6 Å². The van der Waals surface area contributed by atoms with Crippen LogP contribution in [-0.4, -0.2) is 29.7 Å². The summed E-state index contributed by atoms with van der Waals surface area (Å²) in [5.74, 6) is -2.25. The van der Waals surface area contributed by atoms with Crippen LogP contribution in [0.5, 0.6) is 5.88 Å². The fraction of sp³-hybridized carbons (Fsp3) is 0.154. The third-order valence-corrected chi connectivity index (χ3v) is 3.09. The standard InChI is InChI=1S/C13H9ClF3N3O3/c1-22-12(21)11-7(14)9(18)8(15)10(20-11)5-2-3-6(19-4-5)23-13(16)17/h2-4,13H,1H3,(H2,18,20). The number of hydrogen-bond acceptors (Lipinski definition) is 6. The molecule has 122 valence electrons. The lowest BCUT2D eigenvalue weighted by Gasteiger charge is -2.10. The van der Waals surface area contributed by atoms with Gasteiger partial charge in [0.1, 0.15) is 5.69 Å². The smallest absolute Gasteiger partial charge is 0.388 e. The molecule has 0 amide bonds. The quantitative estimate of drug-likeness (QED) is 0.856. The fourth-order valence-electron chi connectivity index (χ4n) is 1.67. The molecule has 2 heterocycles. The molecule has 23 heavy (non-hydrogen) atoms. The Morgan fingerprint density at radius 3 is 2.61 bits per heavy atom. The second-order valence-electron chi connectivity index (χ2n) is 4.11. The molecule has 0 aliphatic carbocycles. The number of alkyl halides is 2. The van der Waals surface area contributed by atoms with Crippen LogP contribution in [0.3, 0.4) is 0 Å². The monoisotopic (exact) mass is 347 g/mol. The second kappa shape index (κ2) is 6.69. The summed E-state index contributed by atoms with van der Waals surface area (Å²) in [6.07, 6.45) is 1.04. The molecule has 6 nitrogen and oxygen atoms in total. The number of nitrogens with zero attached hydrogens (tertiary/aromatic N) is 2. The number of pyridine rings is 2. The van der Waals surface area contributed by atoms with Gasteiger partial charge in [-0.3, -0.25) is 0 Å². The van der Waals surface area contributed by atoms with Gasteiger partial charge in [-0.1, -0.05) is 11.6 Å². The summed E-state index contributed by atoms with van der Waals surface area (Å²) >= 11 is 5.77. The predicted molar refractivity (Wildman–Crippen MR) is 74.8 cm³/mol. The minimum atomic E-state index is -3.04. The Labute approximate surface area is 133 Å². The van der Waals surface area contributed by atoms with Gasteiger partial charge in [-0.05, 0) is 6.07 Å². The first kappa shape index (κ1) is 16.8. The Morgan fingerprint density at radius 2 is 2.09 bits per heavy atom. The topological polar surface area (TPSA) is 87.3 Å². The number of nitrogens with two attached hydrogens (primary N) is 1. The zero-order valence-electron chi connectivity index (χ0n) is 11.5. The van der Waals surface area contributed by atoms with Crippen molar-refractivity contribution in [3.8, 4) is 17.1 Å². The molecule has 2 aromatic heterocycles. The molecule has 0 bridgehead atoms. The van der Waals surface area contributed by atoms with Gasteiger partial charge < -0.3 is 15.2 Å². The summed E-state index contributed by atoms with van der Waals surface area (Å²) in [6, 6.07) is 2.32. The van der Waals surface area contributed by atoms with Gasteiger partial charge in [0.15, 0.2) is 11.5 Å². The van der Waals surface area contributed by atoms with Crippen LogP contribution < -0.4 is 10.5 Å². The maximum Gasteiger partial charge on any atom is 0.388 e. The summed E-state index contributed by atoms with van der Waals surface area (Å²) in [4.78, 5) is 18.9. The van der Waals surface area contributed by atoms with E-state index in [9.17, 15) is 18.0 Å². The lowest BCUT2D eigenvalue weighted by molar-refractivity contribution is -0.0528. The third-order valence-electron chi connectivity index (χ3n) is 2.71. The van der Waals surface area contributed by atoms with Gasteiger partial charge >= 0.3 is 12.6 Å². The van der Waals surface area contributed by atoms with Crippen molar-refractivity contribution in [3.05, 3.63) is 34.9 Å². The zero-order chi connectivity index (χ0) is 17.1. The summed E-state index contributed by atoms with van der Waals surface area (Å²) in [7, 11) is 1.09. The van der Waals surface area contributed by atoms with E-state index in [0.29, 0.717) is 0 Å². The van der Waals surface area contributed by atoms with E-state index in [2.05, 4.69) is 19.4 Å². The average Bonchev–Trinajstić information content (AvgIpc) is 2.53. The molecule has 10 heteroatoms. The molecule has 0 aromatic carbocycles. The Balaban J connectivity index is 2.50. The van der Waals surface area contributed by atoms with Gasteiger partial charge in [-0.25, -0.2) is 19.2 Å². The first-order valence-corrected chi connectivity index (χ1v) is 6.37. The van der Waals surface area contributed by atoms with E-state index in [-0.39, 0.29) is 27.9 Å². The van der Waals surface area contributed by atoms with Crippen molar-refractivity contribution in [3.63, 3.8) is 0 Å². The van der Waals surface area contributed by atoms with Gasteiger partial charge in [0.2, 0.25) is 5.88 Å². The van der Waals surface area contributed by atoms with Gasteiger partial charge in [0.25, 0.3) is 0 Å². The molecule has 2 N–H and O–H groups in total. The zero-order valence-corrected chi connectivity index (χ0v) is 12.3. The van der Waals surface area contributed by atoms with Crippen LogP contribution in [0.2, 0.25) is 5.02 Å². The maximum atomic E-state index is 14.2. The maximum absolute atomic E-state index is 14.2. The highest BCUT2D eigenvalue weighted by molar-refractivity contribution is 6.35. The van der Waals surface area contributed by atoms with Gasteiger partial charge in [0, 0.05) is 17.8 Å². The number of carbonyl (C=O) groups is 1. The number of esters is 1. The molecular weight excluding hydrogens is 339 g/mol. The fourth-order valence-corrected chi connectivity index (χ4v) is 1.87. The number of carbonyl (C=O) groups excluding carboxylic acids is 1. The molecule has 0 aliphatic heterocycles. The van der Waals surface area contributed by atoms with Crippen molar-refractivity contribution in [2.24, 2.45) is 0 Å². The highest BCUT2D eigenvalue weighted by atomic mass is 35.5. The van der Waals surface area contributed by atoms with E-state index in [1.54, 1.807) is 0 Å². The van der Waals surface area contributed by atoms with E-state index in [4.69, 9.17) is 17.3 Å². The number of anilines is 1. The lowest BCUT2D eigenvalue weighted by atomic mass is 10.1. The molecule has 0 saturated heterocycles. The summed E-state index contributed by atoms with van der Waals surface area (Å²) < 4.78 is 46.9. The van der Waals surface area contributed by atoms with Crippen molar-refractivity contribution in [2.75, 3.05) is 12.8 Å². The SMILES string of the molecule is COC(=O)c1nc(-c2ccc(OC(F)F)nc2)c(F)c(N)c1Cl. The Kier molecular flexibility index (Phi) is 4.89. The van der Waals surface area contributed by atoms with E-state index >= 15 is 0 Å². The number of hydrogen-bond donors (Lipinski definition) is 1. The molecule has 0 spiro atoms. The largest absolute Gasteiger partial charge is 0.464 e. The molecular formula is C13H9ClF3N3O3. The molecule has 2 aromatic rings. The van der Waals surface area contributed by atoms with Gasteiger partial charge in [0.05, 0.1) is 17.8 Å². The summed E-state index contributed by atoms with van der Waals surface area (Å²) in [6.45, 7) is -3.04. The average molecular weight is 348 g/mol. The van der Waals surface area contributed by atoms with E-state index in [0.717, 1.165) is 19.4 Å². The summed E-state index contributed by atoms with van der Waals surface area (Å²) in [5, 5.41) is -0.385. The van der Waals surface area contributed by atoms with E-state index in [1.165, 1.54) is 6.07 Å². The Bertz CT molecular complexity index is 741.